The molecule has 0 aliphatic heterocycles. The second-order valence-electron chi connectivity index (χ2n) is 5.21. The standard InChI is InChI=1S/C15H14F3N3/c16-15(17,18)13-8-12(20-14(19)21-13)11-7-2-1-6-10(11)9-4-3-5-9/h1-2,6-9H,3-5H2,(H2,19,20,21). The molecule has 0 radical (unpaired) electrons. The van der Waals surface area contributed by atoms with Gasteiger partial charge in [0.15, 0.2) is 5.69 Å². The van der Waals surface area contributed by atoms with E-state index in [9.17, 15) is 13.2 Å². The van der Waals surface area contributed by atoms with Crippen molar-refractivity contribution in [2.24, 2.45) is 0 Å². The minimum Gasteiger partial charge on any atom is -0.368 e. The number of halogens is 3. The Labute approximate surface area is 120 Å². The number of nitrogens with two attached hydrogens (primary N) is 1. The first kappa shape index (κ1) is 13.9. The lowest BCUT2D eigenvalue weighted by molar-refractivity contribution is -0.141. The van der Waals surface area contributed by atoms with Gasteiger partial charge >= 0.3 is 6.18 Å². The largest absolute Gasteiger partial charge is 0.433 e. The van der Waals surface area contributed by atoms with Gasteiger partial charge in [-0.05, 0) is 30.4 Å². The molecule has 1 fully saturated rings. The van der Waals surface area contributed by atoms with Gasteiger partial charge in [0.05, 0.1) is 5.69 Å². The Hall–Kier alpha value is -2.11. The highest BCUT2D eigenvalue weighted by Gasteiger charge is 2.34. The van der Waals surface area contributed by atoms with Gasteiger partial charge in [-0.15, -0.1) is 0 Å². The lowest BCUT2D eigenvalue weighted by Crippen LogP contribution is -2.13. The second kappa shape index (κ2) is 5.02. The topological polar surface area (TPSA) is 51.8 Å². The predicted octanol–water partition coefficient (Wildman–Crippen LogP) is 4.01. The molecule has 2 N–H and O–H groups in total. The van der Waals surface area contributed by atoms with Crippen molar-refractivity contribution in [1.29, 1.82) is 0 Å². The van der Waals surface area contributed by atoms with Crippen molar-refractivity contribution in [2.45, 2.75) is 31.4 Å². The Morgan fingerprint density at radius 1 is 1.10 bits per heavy atom. The van der Waals surface area contributed by atoms with E-state index < -0.39 is 11.9 Å². The van der Waals surface area contributed by atoms with Crippen molar-refractivity contribution in [3.05, 3.63) is 41.6 Å². The van der Waals surface area contributed by atoms with E-state index in [1.165, 1.54) is 0 Å². The molecule has 6 heteroatoms. The first-order chi connectivity index (χ1) is 9.95. The lowest BCUT2D eigenvalue weighted by atomic mass is 9.78. The summed E-state index contributed by atoms with van der Waals surface area (Å²) in [5, 5.41) is 0. The quantitative estimate of drug-likeness (QED) is 0.910. The number of rotatable bonds is 2. The van der Waals surface area contributed by atoms with E-state index in [4.69, 9.17) is 5.73 Å². The van der Waals surface area contributed by atoms with Crippen molar-refractivity contribution in [2.75, 3.05) is 5.73 Å². The highest BCUT2D eigenvalue weighted by atomic mass is 19.4. The van der Waals surface area contributed by atoms with Crippen molar-refractivity contribution in [3.63, 3.8) is 0 Å². The van der Waals surface area contributed by atoms with E-state index in [0.717, 1.165) is 30.9 Å². The number of benzene rings is 1. The van der Waals surface area contributed by atoms with E-state index in [0.29, 0.717) is 11.5 Å². The first-order valence-electron chi connectivity index (χ1n) is 6.76. The van der Waals surface area contributed by atoms with Crippen molar-refractivity contribution in [1.82, 2.24) is 9.97 Å². The smallest absolute Gasteiger partial charge is 0.368 e. The average molecular weight is 293 g/mol. The fourth-order valence-electron chi connectivity index (χ4n) is 2.55. The number of hydrogen-bond acceptors (Lipinski definition) is 3. The lowest BCUT2D eigenvalue weighted by Gasteiger charge is -2.27. The van der Waals surface area contributed by atoms with Crippen LogP contribution in [0.5, 0.6) is 0 Å². The summed E-state index contributed by atoms with van der Waals surface area (Å²) in [6.07, 6.45) is -1.26. The molecule has 0 bridgehead atoms. The third-order valence-corrected chi connectivity index (χ3v) is 3.82. The zero-order chi connectivity index (χ0) is 15.0. The molecule has 0 spiro atoms. The van der Waals surface area contributed by atoms with E-state index in [1.54, 1.807) is 12.1 Å². The number of nitrogen functional groups attached to an aromatic ring is 1. The van der Waals surface area contributed by atoms with Gasteiger partial charge in [0.25, 0.3) is 0 Å². The van der Waals surface area contributed by atoms with Gasteiger partial charge in [0.2, 0.25) is 5.95 Å². The molecule has 0 amide bonds. The van der Waals surface area contributed by atoms with E-state index >= 15 is 0 Å². The average Bonchev–Trinajstić information content (AvgIpc) is 2.35. The minimum absolute atomic E-state index is 0.234. The molecule has 2 aromatic rings. The summed E-state index contributed by atoms with van der Waals surface area (Å²) in [7, 11) is 0. The number of hydrogen-bond donors (Lipinski definition) is 1. The third-order valence-electron chi connectivity index (χ3n) is 3.82. The molecule has 0 atom stereocenters. The van der Waals surface area contributed by atoms with Crippen LogP contribution >= 0.6 is 0 Å². The summed E-state index contributed by atoms with van der Waals surface area (Å²) in [6, 6.07) is 8.39. The molecule has 1 saturated carbocycles. The summed E-state index contributed by atoms with van der Waals surface area (Å²) < 4.78 is 38.6. The van der Waals surface area contributed by atoms with Crippen LogP contribution in [0, 0.1) is 0 Å². The molecule has 3 nitrogen and oxygen atoms in total. The molecule has 1 heterocycles. The Balaban J connectivity index is 2.10. The highest BCUT2D eigenvalue weighted by Crippen LogP contribution is 2.41. The van der Waals surface area contributed by atoms with Gasteiger partial charge in [0, 0.05) is 5.56 Å². The zero-order valence-electron chi connectivity index (χ0n) is 11.2. The fourth-order valence-corrected chi connectivity index (χ4v) is 2.55. The molecule has 1 aliphatic carbocycles. The normalized spacial score (nSPS) is 15.8. The van der Waals surface area contributed by atoms with Crippen LogP contribution in [-0.4, -0.2) is 9.97 Å². The molecular weight excluding hydrogens is 279 g/mol. The molecular formula is C15H14F3N3. The number of nitrogens with zero attached hydrogens (tertiary/aromatic N) is 2. The number of alkyl halides is 3. The van der Waals surface area contributed by atoms with Crippen LogP contribution in [0.3, 0.4) is 0 Å². The summed E-state index contributed by atoms with van der Waals surface area (Å²) in [4.78, 5) is 7.27. The maximum atomic E-state index is 12.9. The van der Waals surface area contributed by atoms with Crippen LogP contribution in [0.1, 0.15) is 36.4 Å². The Bertz CT molecular complexity index is 663. The van der Waals surface area contributed by atoms with Crippen molar-refractivity contribution in [3.8, 4) is 11.3 Å². The second-order valence-corrected chi connectivity index (χ2v) is 5.21. The van der Waals surface area contributed by atoms with Gasteiger partial charge < -0.3 is 5.73 Å². The molecule has 3 rings (SSSR count). The van der Waals surface area contributed by atoms with Gasteiger partial charge in [-0.1, -0.05) is 30.7 Å². The monoisotopic (exact) mass is 293 g/mol. The fraction of sp³-hybridized carbons (Fsp3) is 0.333. The highest BCUT2D eigenvalue weighted by molar-refractivity contribution is 5.66. The Morgan fingerprint density at radius 2 is 1.81 bits per heavy atom. The van der Waals surface area contributed by atoms with Crippen molar-refractivity contribution < 1.29 is 13.2 Å². The van der Waals surface area contributed by atoms with Crippen molar-refractivity contribution >= 4 is 5.95 Å². The predicted molar refractivity (Wildman–Crippen MR) is 73.5 cm³/mol. The van der Waals surface area contributed by atoms with E-state index in [1.807, 2.05) is 12.1 Å². The number of anilines is 1. The van der Waals surface area contributed by atoms with Crippen LogP contribution in [0.15, 0.2) is 30.3 Å². The minimum atomic E-state index is -4.53. The molecule has 21 heavy (non-hydrogen) atoms. The van der Waals surface area contributed by atoms with Crippen LogP contribution < -0.4 is 5.73 Å². The molecule has 0 saturated heterocycles. The Morgan fingerprint density at radius 3 is 2.43 bits per heavy atom. The maximum absolute atomic E-state index is 12.9. The van der Waals surface area contributed by atoms with E-state index in [2.05, 4.69) is 9.97 Å². The van der Waals surface area contributed by atoms with Gasteiger partial charge in [0.1, 0.15) is 0 Å². The van der Waals surface area contributed by atoms with E-state index in [-0.39, 0.29) is 11.6 Å². The summed E-state index contributed by atoms with van der Waals surface area (Å²) in [6.45, 7) is 0. The first-order valence-corrected chi connectivity index (χ1v) is 6.76. The van der Waals surface area contributed by atoms with Crippen LogP contribution in [0.25, 0.3) is 11.3 Å². The maximum Gasteiger partial charge on any atom is 0.433 e. The van der Waals surface area contributed by atoms with Crippen LogP contribution in [0.4, 0.5) is 19.1 Å². The number of aromatic nitrogens is 2. The van der Waals surface area contributed by atoms with Gasteiger partial charge in [-0.2, -0.15) is 13.2 Å². The van der Waals surface area contributed by atoms with Crippen LogP contribution in [-0.2, 0) is 6.18 Å². The molecule has 110 valence electrons. The zero-order valence-corrected chi connectivity index (χ0v) is 11.2. The van der Waals surface area contributed by atoms with Gasteiger partial charge in [-0.3, -0.25) is 0 Å². The molecule has 1 aromatic heterocycles. The summed E-state index contributed by atoms with van der Waals surface area (Å²) in [5.74, 6) is 0.0370. The molecule has 1 aliphatic rings. The summed E-state index contributed by atoms with van der Waals surface area (Å²) in [5.41, 5.74) is 6.42. The third kappa shape index (κ3) is 2.70. The molecule has 0 unspecified atom stereocenters. The molecule has 1 aromatic carbocycles. The van der Waals surface area contributed by atoms with Crippen LogP contribution in [0.2, 0.25) is 0 Å². The summed E-state index contributed by atoms with van der Waals surface area (Å²) >= 11 is 0. The Kier molecular flexibility index (Phi) is 3.31. The SMILES string of the molecule is Nc1nc(-c2ccccc2C2CCC2)cc(C(F)(F)F)n1. The van der Waals surface area contributed by atoms with Gasteiger partial charge in [-0.25, -0.2) is 9.97 Å².